The Labute approximate surface area is 217 Å². The molecule has 2 N–H and O–H groups in total. The molecule has 8 nitrogen and oxygen atoms in total. The maximum Gasteiger partial charge on any atom is 0.426 e. The van der Waals surface area contributed by atoms with Crippen molar-refractivity contribution in [2.24, 2.45) is 5.92 Å². The number of allylic oxidation sites excluding steroid dienone is 2. The summed E-state index contributed by atoms with van der Waals surface area (Å²) in [6.45, 7) is 4.95. The number of nitrogens with zero attached hydrogens (tertiary/aromatic N) is 1. The number of methoxy groups -OCH3 is 1. The number of alkyl halides is 3. The third kappa shape index (κ3) is 7.91. The van der Waals surface area contributed by atoms with Crippen LogP contribution < -0.4 is 15.5 Å². The lowest BCUT2D eigenvalue weighted by atomic mass is 9.86. The van der Waals surface area contributed by atoms with Gasteiger partial charge in [0.1, 0.15) is 17.0 Å². The Balaban J connectivity index is 1.84. The number of hydrogen-bond donors (Lipinski definition) is 2. The molecule has 1 atom stereocenters. The molecule has 1 aromatic rings. The van der Waals surface area contributed by atoms with Crippen LogP contribution in [0.2, 0.25) is 0 Å². The van der Waals surface area contributed by atoms with E-state index in [0.29, 0.717) is 10.7 Å². The van der Waals surface area contributed by atoms with Crippen molar-refractivity contribution in [1.29, 1.82) is 0 Å². The van der Waals surface area contributed by atoms with E-state index in [4.69, 9.17) is 9.47 Å². The Bertz CT molecular complexity index is 1090. The summed E-state index contributed by atoms with van der Waals surface area (Å²) in [5.41, 5.74) is 2.97. The Morgan fingerprint density at radius 2 is 1.84 bits per heavy atom. The molecular weight excluding hydrogens is 511 g/mol. The van der Waals surface area contributed by atoms with E-state index < -0.39 is 36.1 Å². The number of Topliss-reactive ketones (excluding diaryl/α,β-unsaturated/α-hetero) is 1. The average Bonchev–Trinajstić information content (AvgIpc) is 3.20. The largest absolute Gasteiger partial charge is 0.497 e. The standard InChI is InChI=1S/C25H30F3N3O5S/c1-24(2,3)36-23(34)30-31-14-37-21-18(22(33)29-11-5-10-25(26,27)28)13-16(20(32)19(21)31)12-15-6-8-17(35-4)9-7-15/h6-9,13,16H,5,10-12,14H2,1-4H3,(H,29,33)(H,30,34). The van der Waals surface area contributed by atoms with E-state index >= 15 is 0 Å². The van der Waals surface area contributed by atoms with Gasteiger partial charge < -0.3 is 14.8 Å². The highest BCUT2D eigenvalue weighted by atomic mass is 32.2. The predicted molar refractivity (Wildman–Crippen MR) is 132 cm³/mol. The molecular formula is C25H30F3N3O5S. The lowest BCUT2D eigenvalue weighted by Crippen LogP contribution is -2.45. The van der Waals surface area contributed by atoms with Gasteiger partial charge in [0.2, 0.25) is 0 Å². The van der Waals surface area contributed by atoms with Gasteiger partial charge in [-0.25, -0.2) is 10.2 Å². The summed E-state index contributed by atoms with van der Waals surface area (Å²) in [5.74, 6) is -0.791. The predicted octanol–water partition coefficient (Wildman–Crippen LogP) is 4.48. The lowest BCUT2D eigenvalue weighted by molar-refractivity contribution is -0.136. The first-order valence-corrected chi connectivity index (χ1v) is 12.6. The molecule has 1 heterocycles. The summed E-state index contributed by atoms with van der Waals surface area (Å²) in [7, 11) is 1.54. The molecule has 1 unspecified atom stereocenters. The normalized spacial score (nSPS) is 17.8. The zero-order chi connectivity index (χ0) is 27.4. The van der Waals surface area contributed by atoms with Gasteiger partial charge >= 0.3 is 12.3 Å². The molecule has 0 saturated carbocycles. The number of benzene rings is 1. The average molecular weight is 542 g/mol. The van der Waals surface area contributed by atoms with E-state index in [-0.39, 0.29) is 42.3 Å². The monoisotopic (exact) mass is 541 g/mol. The summed E-state index contributed by atoms with van der Waals surface area (Å²) in [6, 6.07) is 7.13. The van der Waals surface area contributed by atoms with Crippen molar-refractivity contribution >= 4 is 29.5 Å². The number of hydrogen-bond acceptors (Lipinski definition) is 7. The van der Waals surface area contributed by atoms with Crippen molar-refractivity contribution in [1.82, 2.24) is 15.8 Å². The van der Waals surface area contributed by atoms with Gasteiger partial charge in [0.15, 0.2) is 5.78 Å². The third-order valence-corrected chi connectivity index (χ3v) is 6.50. The van der Waals surface area contributed by atoms with Gasteiger partial charge in [-0.3, -0.25) is 14.6 Å². The van der Waals surface area contributed by atoms with Crippen LogP contribution >= 0.6 is 11.8 Å². The van der Waals surface area contributed by atoms with Crippen molar-refractivity contribution in [2.75, 3.05) is 19.5 Å². The zero-order valence-electron chi connectivity index (χ0n) is 21.0. The van der Waals surface area contributed by atoms with Crippen molar-refractivity contribution < 1.29 is 37.0 Å². The van der Waals surface area contributed by atoms with Crippen molar-refractivity contribution in [3.8, 4) is 5.75 Å². The molecule has 202 valence electrons. The molecule has 2 amide bonds. The summed E-state index contributed by atoms with van der Waals surface area (Å²) < 4.78 is 47.9. The highest BCUT2D eigenvalue weighted by Gasteiger charge is 2.40. The maximum atomic E-state index is 13.5. The van der Waals surface area contributed by atoms with Gasteiger partial charge in [-0.2, -0.15) is 13.2 Å². The molecule has 3 rings (SSSR count). The fourth-order valence-corrected chi connectivity index (χ4v) is 4.91. The number of rotatable bonds is 8. The minimum absolute atomic E-state index is 0.150. The van der Waals surface area contributed by atoms with Gasteiger partial charge in [0.05, 0.1) is 23.5 Å². The van der Waals surface area contributed by atoms with Crippen LogP contribution in [-0.4, -0.2) is 54.1 Å². The zero-order valence-corrected chi connectivity index (χ0v) is 21.8. The van der Waals surface area contributed by atoms with Gasteiger partial charge in [-0.1, -0.05) is 30.0 Å². The second-order valence-electron chi connectivity index (χ2n) is 9.57. The lowest BCUT2D eigenvalue weighted by Gasteiger charge is -2.28. The molecule has 1 aliphatic carbocycles. The number of amides is 2. The number of ketones is 1. The van der Waals surface area contributed by atoms with E-state index in [0.717, 1.165) is 5.56 Å². The Kier molecular flexibility index (Phi) is 8.83. The molecule has 0 radical (unpaired) electrons. The number of carbonyl (C=O) groups is 3. The van der Waals surface area contributed by atoms with Gasteiger partial charge in [0, 0.05) is 18.9 Å². The van der Waals surface area contributed by atoms with Gasteiger partial charge in [0.25, 0.3) is 5.91 Å². The third-order valence-electron chi connectivity index (χ3n) is 5.41. The first-order chi connectivity index (χ1) is 17.3. The van der Waals surface area contributed by atoms with Crippen molar-refractivity contribution in [3.63, 3.8) is 0 Å². The van der Waals surface area contributed by atoms with Gasteiger partial charge in [-0.05, 0) is 51.3 Å². The molecule has 0 bridgehead atoms. The van der Waals surface area contributed by atoms with Crippen LogP contribution in [0.4, 0.5) is 18.0 Å². The number of carbonyl (C=O) groups excluding carboxylic acids is 3. The number of ether oxygens (including phenoxy) is 2. The number of hydrazine groups is 1. The number of halogens is 3. The van der Waals surface area contributed by atoms with Crippen molar-refractivity contribution in [3.05, 3.63) is 52.1 Å². The highest BCUT2D eigenvalue weighted by molar-refractivity contribution is 8.03. The highest BCUT2D eigenvalue weighted by Crippen LogP contribution is 2.42. The first kappa shape index (κ1) is 28.4. The summed E-state index contributed by atoms with van der Waals surface area (Å²) in [5, 5.41) is 3.87. The molecule has 1 aromatic carbocycles. The smallest absolute Gasteiger partial charge is 0.426 e. The molecule has 0 saturated heterocycles. The molecule has 2 aliphatic rings. The number of thioether (sulfide) groups is 1. The van der Waals surface area contributed by atoms with Gasteiger partial charge in [-0.15, -0.1) is 0 Å². The number of nitrogens with one attached hydrogen (secondary N) is 2. The fourth-order valence-electron chi connectivity index (χ4n) is 3.79. The van der Waals surface area contributed by atoms with E-state index in [9.17, 15) is 27.6 Å². The minimum atomic E-state index is -4.31. The second-order valence-corrected chi connectivity index (χ2v) is 10.5. The molecule has 0 fully saturated rings. The van der Waals surface area contributed by atoms with E-state index in [1.165, 1.54) is 16.8 Å². The fraction of sp³-hybridized carbons (Fsp3) is 0.480. The SMILES string of the molecule is COc1ccc(CC2C=C(C(=O)NCCCC(F)(F)F)C3=C(C2=O)N(NC(=O)OC(C)(C)C)CS3)cc1. The van der Waals surface area contributed by atoms with Crippen LogP contribution in [-0.2, 0) is 20.7 Å². The van der Waals surface area contributed by atoms with Crippen LogP contribution in [0, 0.1) is 5.92 Å². The summed E-state index contributed by atoms with van der Waals surface area (Å²) in [6.07, 6.45) is -4.52. The Morgan fingerprint density at radius 3 is 2.43 bits per heavy atom. The molecule has 0 spiro atoms. The molecule has 12 heteroatoms. The Hall–Kier alpha value is -3.15. The second kappa shape index (κ2) is 11.5. The minimum Gasteiger partial charge on any atom is -0.497 e. The van der Waals surface area contributed by atoms with Crippen LogP contribution in [0.25, 0.3) is 0 Å². The maximum absolute atomic E-state index is 13.5. The van der Waals surface area contributed by atoms with Crippen LogP contribution in [0.1, 0.15) is 39.2 Å². The Morgan fingerprint density at radius 1 is 1.16 bits per heavy atom. The van der Waals surface area contributed by atoms with E-state index in [2.05, 4.69) is 10.7 Å². The van der Waals surface area contributed by atoms with E-state index in [1.807, 2.05) is 0 Å². The summed E-state index contributed by atoms with van der Waals surface area (Å²) >= 11 is 1.18. The molecule has 0 aromatic heterocycles. The van der Waals surface area contributed by atoms with Crippen LogP contribution in [0.15, 0.2) is 46.5 Å². The van der Waals surface area contributed by atoms with Crippen molar-refractivity contribution in [2.45, 2.75) is 51.8 Å². The quantitative estimate of drug-likeness (QED) is 0.469. The summed E-state index contributed by atoms with van der Waals surface area (Å²) in [4.78, 5) is 39.3. The first-order valence-electron chi connectivity index (χ1n) is 11.7. The van der Waals surface area contributed by atoms with E-state index in [1.54, 1.807) is 58.2 Å². The topological polar surface area (TPSA) is 97.0 Å². The van der Waals surface area contributed by atoms with Crippen LogP contribution in [0.3, 0.4) is 0 Å². The molecule has 1 aliphatic heterocycles. The van der Waals surface area contributed by atoms with Crippen LogP contribution in [0.5, 0.6) is 5.75 Å². The molecule has 37 heavy (non-hydrogen) atoms.